The Bertz CT molecular complexity index is 140. The second kappa shape index (κ2) is 5.92. The van der Waals surface area contributed by atoms with Crippen molar-refractivity contribution in [3.8, 4) is 0 Å². The van der Waals surface area contributed by atoms with E-state index in [0.29, 0.717) is 6.61 Å². The van der Waals surface area contributed by atoms with Crippen LogP contribution < -0.4 is 0 Å². The Kier molecular flexibility index (Phi) is 5.47. The van der Waals surface area contributed by atoms with Crippen molar-refractivity contribution in [1.29, 1.82) is 0 Å². The molecule has 3 nitrogen and oxygen atoms in total. The minimum atomic E-state index is -0.814. The van der Waals surface area contributed by atoms with Gasteiger partial charge in [0.15, 0.2) is 0 Å². The van der Waals surface area contributed by atoms with Crippen LogP contribution in [0, 0.1) is 5.92 Å². The van der Waals surface area contributed by atoms with E-state index in [0.717, 1.165) is 0 Å². The highest BCUT2D eigenvalue weighted by atomic mass is 16.5. The highest BCUT2D eigenvalue weighted by Crippen LogP contribution is 1.94. The maximum Gasteiger partial charge on any atom is 0.308 e. The molecule has 0 bridgehead atoms. The van der Waals surface area contributed by atoms with E-state index >= 15 is 0 Å². The van der Waals surface area contributed by atoms with E-state index in [1.807, 2.05) is 19.1 Å². The fourth-order valence-corrected chi connectivity index (χ4v) is 0.480. The summed E-state index contributed by atoms with van der Waals surface area (Å²) in [4.78, 5) is 10.3. The smallest absolute Gasteiger partial charge is 0.308 e. The first kappa shape index (κ1) is 10.2. The summed E-state index contributed by atoms with van der Waals surface area (Å²) in [5.74, 6) is -1.23. The highest BCUT2D eigenvalue weighted by molar-refractivity contribution is 5.69. The molecule has 0 aliphatic heterocycles. The van der Waals surface area contributed by atoms with Crippen LogP contribution in [0.2, 0.25) is 0 Å². The molecule has 0 saturated carbocycles. The van der Waals surface area contributed by atoms with Crippen molar-refractivity contribution in [2.24, 2.45) is 5.92 Å². The van der Waals surface area contributed by atoms with E-state index in [4.69, 9.17) is 9.84 Å². The molecule has 0 amide bonds. The molecular formula is C8H14O3. The Morgan fingerprint density at radius 3 is 2.82 bits per heavy atom. The van der Waals surface area contributed by atoms with E-state index in [9.17, 15) is 4.79 Å². The third kappa shape index (κ3) is 5.61. The van der Waals surface area contributed by atoms with Gasteiger partial charge in [0.05, 0.1) is 19.1 Å². The van der Waals surface area contributed by atoms with Gasteiger partial charge in [0.2, 0.25) is 0 Å². The molecule has 11 heavy (non-hydrogen) atoms. The summed E-state index contributed by atoms with van der Waals surface area (Å²) >= 11 is 0. The lowest BCUT2D eigenvalue weighted by atomic mass is 10.2. The minimum absolute atomic E-state index is 0.277. The van der Waals surface area contributed by atoms with Crippen molar-refractivity contribution in [3.05, 3.63) is 12.2 Å². The molecule has 64 valence electrons. The van der Waals surface area contributed by atoms with Gasteiger partial charge in [0, 0.05) is 0 Å². The van der Waals surface area contributed by atoms with E-state index in [1.165, 1.54) is 0 Å². The topological polar surface area (TPSA) is 46.5 Å². The molecule has 0 aliphatic rings. The molecule has 0 heterocycles. The second-order valence-corrected chi connectivity index (χ2v) is 2.35. The van der Waals surface area contributed by atoms with E-state index in [-0.39, 0.29) is 6.61 Å². The van der Waals surface area contributed by atoms with Crippen molar-refractivity contribution in [3.63, 3.8) is 0 Å². The number of aliphatic carboxylic acids is 1. The van der Waals surface area contributed by atoms with E-state index in [2.05, 4.69) is 0 Å². The standard InChI is InChI=1S/C8H14O3/c1-3-4-5-11-6-7(2)8(9)10/h3-4,7H,5-6H2,1-2H3,(H,9,10). The molecular weight excluding hydrogens is 144 g/mol. The molecule has 0 fully saturated rings. The Labute approximate surface area is 66.7 Å². The van der Waals surface area contributed by atoms with Crippen LogP contribution in [0.5, 0.6) is 0 Å². The van der Waals surface area contributed by atoms with Crippen LogP contribution >= 0.6 is 0 Å². The third-order valence-electron chi connectivity index (χ3n) is 1.24. The SMILES string of the molecule is CC=CCOCC(C)C(=O)O. The van der Waals surface area contributed by atoms with Crippen LogP contribution in [0.4, 0.5) is 0 Å². The Balaban J connectivity index is 3.31. The van der Waals surface area contributed by atoms with Crippen molar-refractivity contribution in [2.45, 2.75) is 13.8 Å². The van der Waals surface area contributed by atoms with Crippen LogP contribution in [-0.2, 0) is 9.53 Å². The molecule has 0 rings (SSSR count). The zero-order valence-corrected chi connectivity index (χ0v) is 6.91. The number of hydrogen-bond acceptors (Lipinski definition) is 2. The second-order valence-electron chi connectivity index (χ2n) is 2.35. The lowest BCUT2D eigenvalue weighted by Gasteiger charge is -2.04. The minimum Gasteiger partial charge on any atom is -0.481 e. The fourth-order valence-electron chi connectivity index (χ4n) is 0.480. The first-order valence-electron chi connectivity index (χ1n) is 3.60. The normalized spacial score (nSPS) is 13.6. The Morgan fingerprint density at radius 2 is 2.36 bits per heavy atom. The predicted octanol–water partition coefficient (Wildman–Crippen LogP) is 1.30. The largest absolute Gasteiger partial charge is 0.481 e. The van der Waals surface area contributed by atoms with Crippen LogP contribution in [0.1, 0.15) is 13.8 Å². The molecule has 1 atom stereocenters. The lowest BCUT2D eigenvalue weighted by molar-refractivity contribution is -0.142. The summed E-state index contributed by atoms with van der Waals surface area (Å²) in [6.07, 6.45) is 3.71. The Hall–Kier alpha value is -0.830. The van der Waals surface area contributed by atoms with E-state index in [1.54, 1.807) is 6.92 Å². The molecule has 0 radical (unpaired) electrons. The van der Waals surface area contributed by atoms with Gasteiger partial charge >= 0.3 is 5.97 Å². The number of allylic oxidation sites excluding steroid dienone is 1. The summed E-state index contributed by atoms with van der Waals surface area (Å²) in [5.41, 5.74) is 0. The third-order valence-corrected chi connectivity index (χ3v) is 1.24. The van der Waals surface area contributed by atoms with Gasteiger partial charge in [0.25, 0.3) is 0 Å². The van der Waals surface area contributed by atoms with Gasteiger partial charge in [-0.2, -0.15) is 0 Å². The molecule has 0 saturated heterocycles. The number of carboxylic acids is 1. The Morgan fingerprint density at radius 1 is 1.73 bits per heavy atom. The van der Waals surface area contributed by atoms with Gasteiger partial charge in [-0.25, -0.2) is 0 Å². The van der Waals surface area contributed by atoms with Crippen LogP contribution in [0.15, 0.2) is 12.2 Å². The summed E-state index contributed by atoms with van der Waals surface area (Å²) in [6, 6.07) is 0. The monoisotopic (exact) mass is 158 g/mol. The fraction of sp³-hybridized carbons (Fsp3) is 0.625. The molecule has 0 aromatic carbocycles. The van der Waals surface area contributed by atoms with Gasteiger partial charge in [-0.15, -0.1) is 0 Å². The number of ether oxygens (including phenoxy) is 1. The highest BCUT2D eigenvalue weighted by Gasteiger charge is 2.09. The summed E-state index contributed by atoms with van der Waals surface area (Å²) in [5, 5.41) is 8.44. The molecule has 1 unspecified atom stereocenters. The van der Waals surface area contributed by atoms with Gasteiger partial charge < -0.3 is 9.84 Å². The first-order chi connectivity index (χ1) is 5.18. The average molecular weight is 158 g/mol. The van der Waals surface area contributed by atoms with Gasteiger partial charge in [-0.05, 0) is 13.8 Å². The summed E-state index contributed by atoms with van der Waals surface area (Å²) in [7, 11) is 0. The van der Waals surface area contributed by atoms with Gasteiger partial charge in [-0.3, -0.25) is 4.79 Å². The number of carbonyl (C=O) groups is 1. The molecule has 0 aliphatic carbocycles. The number of rotatable bonds is 5. The lowest BCUT2D eigenvalue weighted by Crippen LogP contribution is -2.16. The van der Waals surface area contributed by atoms with Crippen molar-refractivity contribution >= 4 is 5.97 Å². The van der Waals surface area contributed by atoms with Crippen molar-refractivity contribution in [1.82, 2.24) is 0 Å². The van der Waals surface area contributed by atoms with Crippen LogP contribution in [0.3, 0.4) is 0 Å². The van der Waals surface area contributed by atoms with Gasteiger partial charge in [0.1, 0.15) is 0 Å². The molecule has 0 aromatic heterocycles. The average Bonchev–Trinajstić information content (AvgIpc) is 1.97. The van der Waals surface area contributed by atoms with Crippen molar-refractivity contribution in [2.75, 3.05) is 13.2 Å². The molecule has 0 aromatic rings. The first-order valence-corrected chi connectivity index (χ1v) is 3.60. The number of carboxylic acid groups (broad SMARTS) is 1. The van der Waals surface area contributed by atoms with Gasteiger partial charge in [-0.1, -0.05) is 12.2 Å². The number of hydrogen-bond donors (Lipinski definition) is 1. The molecule has 1 N–H and O–H groups in total. The maximum absolute atomic E-state index is 10.3. The van der Waals surface area contributed by atoms with Crippen LogP contribution in [0.25, 0.3) is 0 Å². The zero-order valence-electron chi connectivity index (χ0n) is 6.91. The van der Waals surface area contributed by atoms with E-state index < -0.39 is 11.9 Å². The predicted molar refractivity (Wildman–Crippen MR) is 42.4 cm³/mol. The quantitative estimate of drug-likeness (QED) is 0.484. The van der Waals surface area contributed by atoms with Crippen LogP contribution in [-0.4, -0.2) is 24.3 Å². The zero-order chi connectivity index (χ0) is 8.69. The maximum atomic E-state index is 10.3. The van der Waals surface area contributed by atoms with Crippen molar-refractivity contribution < 1.29 is 14.6 Å². The molecule has 0 spiro atoms. The molecule has 3 heteroatoms. The summed E-state index contributed by atoms with van der Waals surface area (Å²) in [6.45, 7) is 4.29. The summed E-state index contributed by atoms with van der Waals surface area (Å²) < 4.78 is 5.03.